The second-order valence-electron chi connectivity index (χ2n) is 4.95. The minimum absolute atomic E-state index is 0.175. The van der Waals surface area contributed by atoms with Gasteiger partial charge in [-0.15, -0.1) is 13.2 Å². The average molecular weight is 273 g/mol. The lowest BCUT2D eigenvalue weighted by atomic mass is 9.83. The van der Waals surface area contributed by atoms with Gasteiger partial charge in [-0.2, -0.15) is 0 Å². The molecule has 0 bridgehead atoms. The van der Waals surface area contributed by atoms with Gasteiger partial charge in [0.25, 0.3) is 0 Å². The molecule has 19 heavy (non-hydrogen) atoms. The van der Waals surface area contributed by atoms with Crippen molar-refractivity contribution in [3.8, 4) is 5.75 Å². The molecule has 0 aliphatic heterocycles. The van der Waals surface area contributed by atoms with E-state index in [1.165, 1.54) is 37.8 Å². The van der Waals surface area contributed by atoms with Crippen molar-refractivity contribution >= 4 is 0 Å². The van der Waals surface area contributed by atoms with Gasteiger partial charge in [0, 0.05) is 6.54 Å². The van der Waals surface area contributed by atoms with Crippen molar-refractivity contribution in [2.45, 2.75) is 38.6 Å². The van der Waals surface area contributed by atoms with Gasteiger partial charge >= 0.3 is 6.36 Å². The summed E-state index contributed by atoms with van der Waals surface area (Å²) < 4.78 is 39.7. The van der Waals surface area contributed by atoms with Crippen molar-refractivity contribution in [1.82, 2.24) is 5.32 Å². The maximum Gasteiger partial charge on any atom is 0.573 e. The molecule has 0 spiro atoms. The summed E-state index contributed by atoms with van der Waals surface area (Å²) in [4.78, 5) is 0. The number of halogens is 3. The van der Waals surface area contributed by atoms with Gasteiger partial charge in [0.1, 0.15) is 5.75 Å². The number of ether oxygens (including phenoxy) is 1. The van der Waals surface area contributed by atoms with E-state index in [1.807, 2.05) is 0 Å². The first kappa shape index (κ1) is 14.2. The fourth-order valence-electron chi connectivity index (χ4n) is 2.13. The number of nitrogens with one attached hydrogen (secondary N) is 1. The number of hydrogen-bond acceptors (Lipinski definition) is 2. The predicted molar refractivity (Wildman–Crippen MR) is 66.8 cm³/mol. The summed E-state index contributed by atoms with van der Waals surface area (Å²) in [5, 5.41) is 3.31. The number of benzene rings is 1. The van der Waals surface area contributed by atoms with Gasteiger partial charge in [0.15, 0.2) is 0 Å². The molecule has 2 rings (SSSR count). The van der Waals surface area contributed by atoms with Crippen LogP contribution in [-0.4, -0.2) is 12.9 Å². The van der Waals surface area contributed by atoms with Gasteiger partial charge in [-0.05, 0) is 36.6 Å². The second-order valence-corrected chi connectivity index (χ2v) is 4.95. The lowest BCUT2D eigenvalue weighted by Gasteiger charge is -2.25. The third-order valence-corrected chi connectivity index (χ3v) is 3.44. The Hall–Kier alpha value is -1.23. The Kier molecular flexibility index (Phi) is 4.69. The molecule has 0 aromatic heterocycles. The van der Waals surface area contributed by atoms with Crippen LogP contribution in [0.25, 0.3) is 0 Å². The summed E-state index contributed by atoms with van der Waals surface area (Å²) in [7, 11) is 0. The summed E-state index contributed by atoms with van der Waals surface area (Å²) in [6.07, 6.45) is 0.597. The van der Waals surface area contributed by atoms with Crippen molar-refractivity contribution in [3.05, 3.63) is 29.8 Å². The van der Waals surface area contributed by atoms with Gasteiger partial charge < -0.3 is 10.1 Å². The van der Waals surface area contributed by atoms with E-state index in [1.54, 1.807) is 12.1 Å². The van der Waals surface area contributed by atoms with Gasteiger partial charge in [-0.25, -0.2) is 0 Å². The maximum absolute atomic E-state index is 12.0. The van der Waals surface area contributed by atoms with E-state index in [2.05, 4.69) is 10.1 Å². The van der Waals surface area contributed by atoms with Gasteiger partial charge in [-0.1, -0.05) is 31.4 Å². The van der Waals surface area contributed by atoms with Crippen LogP contribution < -0.4 is 10.1 Å². The van der Waals surface area contributed by atoms with E-state index in [4.69, 9.17) is 0 Å². The molecule has 0 atom stereocenters. The fraction of sp³-hybridized carbons (Fsp3) is 0.571. The zero-order valence-electron chi connectivity index (χ0n) is 10.7. The third-order valence-electron chi connectivity index (χ3n) is 3.44. The highest BCUT2D eigenvalue weighted by atomic mass is 19.4. The highest BCUT2D eigenvalue weighted by Gasteiger charge is 2.30. The Labute approximate surface area is 111 Å². The lowest BCUT2D eigenvalue weighted by molar-refractivity contribution is -0.274. The van der Waals surface area contributed by atoms with E-state index in [9.17, 15) is 13.2 Å². The Morgan fingerprint density at radius 1 is 1.16 bits per heavy atom. The Morgan fingerprint density at radius 2 is 1.84 bits per heavy atom. The van der Waals surface area contributed by atoms with Crippen LogP contribution in [0, 0.1) is 5.92 Å². The normalized spacial score (nSPS) is 16.2. The highest BCUT2D eigenvalue weighted by Crippen LogP contribution is 2.28. The van der Waals surface area contributed by atoms with Crippen LogP contribution in [0.1, 0.15) is 31.2 Å². The molecule has 0 amide bonds. The molecular formula is C14H18F3NO. The molecule has 106 valence electrons. The molecule has 1 fully saturated rings. The summed E-state index contributed by atoms with van der Waals surface area (Å²) in [6, 6.07) is 5.99. The predicted octanol–water partition coefficient (Wildman–Crippen LogP) is 3.87. The van der Waals surface area contributed by atoms with Crippen molar-refractivity contribution in [1.29, 1.82) is 0 Å². The van der Waals surface area contributed by atoms with Crippen LogP contribution in [0.15, 0.2) is 24.3 Å². The minimum Gasteiger partial charge on any atom is -0.406 e. The van der Waals surface area contributed by atoms with Crippen molar-refractivity contribution in [3.63, 3.8) is 0 Å². The Balaban J connectivity index is 1.69. The van der Waals surface area contributed by atoms with Crippen LogP contribution in [0.3, 0.4) is 0 Å². The van der Waals surface area contributed by atoms with Crippen LogP contribution in [0.5, 0.6) is 5.75 Å². The fourth-order valence-corrected chi connectivity index (χ4v) is 2.13. The average Bonchev–Trinajstić information content (AvgIpc) is 2.26. The van der Waals surface area contributed by atoms with Crippen molar-refractivity contribution in [2.24, 2.45) is 5.92 Å². The molecule has 1 aliphatic carbocycles. The Morgan fingerprint density at radius 3 is 2.37 bits per heavy atom. The number of hydrogen-bond donors (Lipinski definition) is 1. The number of alkyl halides is 3. The molecular weight excluding hydrogens is 255 g/mol. The van der Waals surface area contributed by atoms with Crippen molar-refractivity contribution in [2.75, 3.05) is 6.54 Å². The monoisotopic (exact) mass is 273 g/mol. The largest absolute Gasteiger partial charge is 0.573 e. The van der Waals surface area contributed by atoms with E-state index in [0.717, 1.165) is 18.0 Å². The zero-order valence-corrected chi connectivity index (χ0v) is 10.7. The van der Waals surface area contributed by atoms with Crippen LogP contribution in [0.2, 0.25) is 0 Å². The molecule has 1 aromatic carbocycles. The minimum atomic E-state index is -4.62. The molecule has 5 heteroatoms. The second kappa shape index (κ2) is 6.28. The van der Waals surface area contributed by atoms with Crippen LogP contribution in [0.4, 0.5) is 13.2 Å². The molecule has 1 saturated carbocycles. The van der Waals surface area contributed by atoms with Gasteiger partial charge in [-0.3, -0.25) is 0 Å². The molecule has 1 N–H and O–H groups in total. The quantitative estimate of drug-likeness (QED) is 0.794. The summed E-state index contributed by atoms with van der Waals surface area (Å²) in [6.45, 7) is 1.64. The molecule has 0 heterocycles. The van der Waals surface area contributed by atoms with Gasteiger partial charge in [0.2, 0.25) is 0 Å². The molecule has 1 aliphatic rings. The SMILES string of the molecule is FC(F)(F)Oc1ccc(CNCCC2CCC2)cc1. The first-order valence-electron chi connectivity index (χ1n) is 6.58. The summed E-state index contributed by atoms with van der Waals surface area (Å²) in [5.74, 6) is 0.695. The molecule has 0 unspecified atom stereocenters. The molecule has 0 saturated heterocycles. The van der Waals surface area contributed by atoms with Gasteiger partial charge in [0.05, 0.1) is 0 Å². The lowest BCUT2D eigenvalue weighted by Crippen LogP contribution is -2.21. The first-order chi connectivity index (χ1) is 9.03. The Bertz CT molecular complexity index is 385. The zero-order chi connectivity index (χ0) is 13.7. The van der Waals surface area contributed by atoms with E-state index in [0.29, 0.717) is 6.54 Å². The van der Waals surface area contributed by atoms with E-state index < -0.39 is 6.36 Å². The molecule has 0 radical (unpaired) electrons. The summed E-state index contributed by atoms with van der Waals surface area (Å²) in [5.41, 5.74) is 0.961. The first-order valence-corrected chi connectivity index (χ1v) is 6.58. The van der Waals surface area contributed by atoms with Crippen LogP contribution >= 0.6 is 0 Å². The van der Waals surface area contributed by atoms with E-state index in [-0.39, 0.29) is 5.75 Å². The van der Waals surface area contributed by atoms with Crippen LogP contribution in [-0.2, 0) is 6.54 Å². The summed E-state index contributed by atoms with van der Waals surface area (Å²) >= 11 is 0. The molecule has 1 aromatic rings. The van der Waals surface area contributed by atoms with Crippen molar-refractivity contribution < 1.29 is 17.9 Å². The maximum atomic E-state index is 12.0. The molecule has 2 nitrogen and oxygen atoms in total. The highest BCUT2D eigenvalue weighted by molar-refractivity contribution is 5.27. The van der Waals surface area contributed by atoms with E-state index >= 15 is 0 Å². The topological polar surface area (TPSA) is 21.3 Å². The number of rotatable bonds is 6. The smallest absolute Gasteiger partial charge is 0.406 e. The standard InChI is InChI=1S/C14H18F3NO/c15-14(16,17)19-13-6-4-12(5-7-13)10-18-9-8-11-2-1-3-11/h4-7,11,18H,1-3,8-10H2. The third kappa shape index (κ3) is 5.11.